The van der Waals surface area contributed by atoms with E-state index in [1.807, 2.05) is 12.1 Å². The second-order valence-corrected chi connectivity index (χ2v) is 6.43. The molecule has 0 saturated carbocycles. The lowest BCUT2D eigenvalue weighted by atomic mass is 9.94. The quantitative estimate of drug-likeness (QED) is 0.620. The van der Waals surface area contributed by atoms with E-state index in [9.17, 15) is 5.11 Å². The first-order valence-electron chi connectivity index (χ1n) is 7.39. The topological polar surface area (TPSA) is 64.5 Å². The maximum absolute atomic E-state index is 9.82. The number of aryl methyl sites for hydroxylation is 1. The van der Waals surface area contributed by atoms with Crippen LogP contribution in [0.3, 0.4) is 0 Å². The average Bonchev–Trinajstić information content (AvgIpc) is 2.59. The number of methoxy groups -OCH3 is 2. The van der Waals surface area contributed by atoms with Gasteiger partial charge in [0.1, 0.15) is 0 Å². The van der Waals surface area contributed by atoms with Crippen molar-refractivity contribution < 1.29 is 14.6 Å². The molecule has 0 amide bonds. The number of benzene rings is 1. The Morgan fingerprint density at radius 3 is 2.26 bits per heavy atom. The van der Waals surface area contributed by atoms with Gasteiger partial charge < -0.3 is 14.6 Å². The molecule has 2 unspecified atom stereocenters. The highest BCUT2D eigenvalue weighted by atomic mass is 32.2. The molecule has 124 valence electrons. The molecule has 0 aliphatic rings. The molecule has 23 heavy (non-hydrogen) atoms. The summed E-state index contributed by atoms with van der Waals surface area (Å²) in [6, 6.07) is 9.83. The number of nitrogens with zero attached hydrogens (tertiary/aromatic N) is 2. The highest BCUT2D eigenvalue weighted by Crippen LogP contribution is 2.34. The SMILES string of the molecule is COc1cc(OC)nc(SC(CO)C(C)c2ccccc2C)n1. The van der Waals surface area contributed by atoms with Gasteiger partial charge in [-0.25, -0.2) is 0 Å². The number of hydrogen-bond acceptors (Lipinski definition) is 6. The van der Waals surface area contributed by atoms with Gasteiger partial charge in [0.25, 0.3) is 0 Å². The van der Waals surface area contributed by atoms with E-state index in [4.69, 9.17) is 9.47 Å². The van der Waals surface area contributed by atoms with Gasteiger partial charge in [0.2, 0.25) is 11.8 Å². The summed E-state index contributed by atoms with van der Waals surface area (Å²) >= 11 is 1.43. The van der Waals surface area contributed by atoms with Crippen LogP contribution in [-0.2, 0) is 0 Å². The molecule has 5 nitrogen and oxygen atoms in total. The molecule has 0 spiro atoms. The maximum Gasteiger partial charge on any atom is 0.220 e. The molecule has 0 fully saturated rings. The predicted molar refractivity (Wildman–Crippen MR) is 91.5 cm³/mol. The number of aliphatic hydroxyl groups is 1. The summed E-state index contributed by atoms with van der Waals surface area (Å²) in [5, 5.41) is 10.3. The third kappa shape index (κ3) is 4.36. The molecular weight excluding hydrogens is 312 g/mol. The van der Waals surface area contributed by atoms with Crippen molar-refractivity contribution in [3.05, 3.63) is 41.5 Å². The summed E-state index contributed by atoms with van der Waals surface area (Å²) in [5.41, 5.74) is 2.43. The van der Waals surface area contributed by atoms with Crippen LogP contribution in [0.4, 0.5) is 0 Å². The lowest BCUT2D eigenvalue weighted by Gasteiger charge is -2.23. The molecule has 1 aromatic heterocycles. The Morgan fingerprint density at radius 1 is 1.13 bits per heavy atom. The lowest BCUT2D eigenvalue weighted by molar-refractivity contribution is 0.284. The molecule has 2 rings (SSSR count). The van der Waals surface area contributed by atoms with E-state index >= 15 is 0 Å². The van der Waals surface area contributed by atoms with Gasteiger partial charge in [-0.3, -0.25) is 0 Å². The number of thioether (sulfide) groups is 1. The van der Waals surface area contributed by atoms with Crippen LogP contribution in [0.2, 0.25) is 0 Å². The first-order valence-corrected chi connectivity index (χ1v) is 8.27. The highest BCUT2D eigenvalue weighted by Gasteiger charge is 2.22. The van der Waals surface area contributed by atoms with Gasteiger partial charge in [-0.05, 0) is 24.0 Å². The molecule has 0 aliphatic heterocycles. The normalized spacial score (nSPS) is 13.4. The number of rotatable bonds is 7. The highest BCUT2D eigenvalue weighted by molar-refractivity contribution is 7.99. The summed E-state index contributed by atoms with van der Waals surface area (Å²) in [4.78, 5) is 8.65. The van der Waals surface area contributed by atoms with E-state index in [1.54, 1.807) is 20.3 Å². The van der Waals surface area contributed by atoms with Gasteiger partial charge >= 0.3 is 0 Å². The van der Waals surface area contributed by atoms with E-state index in [1.165, 1.54) is 22.9 Å². The monoisotopic (exact) mass is 334 g/mol. The zero-order chi connectivity index (χ0) is 16.8. The lowest BCUT2D eigenvalue weighted by Crippen LogP contribution is -2.18. The fourth-order valence-electron chi connectivity index (χ4n) is 2.38. The Morgan fingerprint density at radius 2 is 1.74 bits per heavy atom. The van der Waals surface area contributed by atoms with Crippen LogP contribution >= 0.6 is 11.8 Å². The fourth-order valence-corrected chi connectivity index (χ4v) is 3.36. The van der Waals surface area contributed by atoms with E-state index in [-0.39, 0.29) is 17.8 Å². The zero-order valence-corrected chi connectivity index (χ0v) is 14.6. The Bertz CT molecular complexity index is 629. The Kier molecular flexibility index (Phi) is 6.24. The van der Waals surface area contributed by atoms with E-state index in [2.05, 4.69) is 35.9 Å². The van der Waals surface area contributed by atoms with Crippen molar-refractivity contribution in [2.75, 3.05) is 20.8 Å². The molecule has 0 aliphatic carbocycles. The largest absolute Gasteiger partial charge is 0.481 e. The van der Waals surface area contributed by atoms with Crippen molar-refractivity contribution in [3.8, 4) is 11.8 Å². The fraction of sp³-hybridized carbons (Fsp3) is 0.412. The number of aliphatic hydroxyl groups excluding tert-OH is 1. The second kappa shape index (κ2) is 8.17. The first kappa shape index (κ1) is 17.6. The Hall–Kier alpha value is -1.79. The van der Waals surface area contributed by atoms with Gasteiger partial charge in [0, 0.05) is 5.25 Å². The summed E-state index contributed by atoms with van der Waals surface area (Å²) in [5.74, 6) is 1.05. The zero-order valence-electron chi connectivity index (χ0n) is 13.8. The van der Waals surface area contributed by atoms with Crippen LogP contribution < -0.4 is 9.47 Å². The van der Waals surface area contributed by atoms with Gasteiger partial charge in [0.05, 0.1) is 26.9 Å². The molecule has 1 heterocycles. The average molecular weight is 334 g/mol. The molecule has 0 radical (unpaired) electrons. The number of aromatic nitrogens is 2. The second-order valence-electron chi connectivity index (χ2n) is 5.22. The minimum Gasteiger partial charge on any atom is -0.481 e. The molecule has 2 aromatic rings. The van der Waals surface area contributed by atoms with Crippen LogP contribution in [0.25, 0.3) is 0 Å². The van der Waals surface area contributed by atoms with Crippen molar-refractivity contribution in [2.24, 2.45) is 0 Å². The van der Waals surface area contributed by atoms with Gasteiger partial charge in [-0.1, -0.05) is 43.0 Å². The van der Waals surface area contributed by atoms with Crippen molar-refractivity contribution in [1.82, 2.24) is 9.97 Å². The van der Waals surface area contributed by atoms with Crippen LogP contribution in [0.5, 0.6) is 11.8 Å². The van der Waals surface area contributed by atoms with Gasteiger partial charge in [-0.15, -0.1) is 0 Å². The van der Waals surface area contributed by atoms with Crippen molar-refractivity contribution in [2.45, 2.75) is 30.2 Å². The van der Waals surface area contributed by atoms with Gasteiger partial charge in [-0.2, -0.15) is 9.97 Å². The number of hydrogen-bond donors (Lipinski definition) is 1. The molecule has 6 heteroatoms. The third-order valence-corrected chi connectivity index (χ3v) is 5.00. The van der Waals surface area contributed by atoms with Crippen LogP contribution in [0, 0.1) is 6.92 Å². The third-order valence-electron chi connectivity index (χ3n) is 3.75. The summed E-state index contributed by atoms with van der Waals surface area (Å²) in [6.45, 7) is 4.21. The van der Waals surface area contributed by atoms with Crippen LogP contribution in [0.1, 0.15) is 24.0 Å². The van der Waals surface area contributed by atoms with E-state index in [0.29, 0.717) is 16.9 Å². The van der Waals surface area contributed by atoms with Crippen LogP contribution in [-0.4, -0.2) is 41.2 Å². The Labute approximate surface area is 141 Å². The van der Waals surface area contributed by atoms with Crippen molar-refractivity contribution in [3.63, 3.8) is 0 Å². The van der Waals surface area contributed by atoms with E-state index < -0.39 is 0 Å². The number of ether oxygens (including phenoxy) is 2. The van der Waals surface area contributed by atoms with E-state index in [0.717, 1.165) is 0 Å². The molecule has 2 atom stereocenters. The smallest absolute Gasteiger partial charge is 0.220 e. The Balaban J connectivity index is 2.24. The minimum absolute atomic E-state index is 0.0308. The minimum atomic E-state index is -0.0621. The standard InChI is InChI=1S/C17H22N2O3S/c1-11-7-5-6-8-13(11)12(2)14(10-20)23-17-18-15(21-3)9-16(19-17)22-4/h5-9,12,14,20H,10H2,1-4H3. The predicted octanol–water partition coefficient (Wildman–Crippen LogP) is 3.06. The molecule has 0 bridgehead atoms. The summed E-state index contributed by atoms with van der Waals surface area (Å²) < 4.78 is 10.3. The summed E-state index contributed by atoms with van der Waals surface area (Å²) in [7, 11) is 3.10. The molecule has 0 saturated heterocycles. The summed E-state index contributed by atoms with van der Waals surface area (Å²) in [6.07, 6.45) is 0. The first-order chi connectivity index (χ1) is 11.1. The maximum atomic E-state index is 9.82. The van der Waals surface area contributed by atoms with Crippen molar-refractivity contribution >= 4 is 11.8 Å². The van der Waals surface area contributed by atoms with Gasteiger partial charge in [0.15, 0.2) is 5.16 Å². The molecule has 1 aromatic carbocycles. The van der Waals surface area contributed by atoms with Crippen molar-refractivity contribution in [1.29, 1.82) is 0 Å². The van der Waals surface area contributed by atoms with Crippen LogP contribution in [0.15, 0.2) is 35.5 Å². The molecule has 1 N–H and O–H groups in total. The molecular formula is C17H22N2O3S.